The number of benzene rings is 2. The molecule has 2 aliphatic rings. The van der Waals surface area contributed by atoms with E-state index in [1.54, 1.807) is 12.1 Å². The number of alkyl halides is 3. The van der Waals surface area contributed by atoms with Crippen molar-refractivity contribution in [3.05, 3.63) is 59.2 Å². The third kappa shape index (κ3) is 6.39. The van der Waals surface area contributed by atoms with Gasteiger partial charge in [-0.05, 0) is 60.6 Å². The van der Waals surface area contributed by atoms with Gasteiger partial charge in [0.15, 0.2) is 0 Å². The van der Waals surface area contributed by atoms with Crippen LogP contribution in [0.25, 0.3) is 0 Å². The second-order valence-electron chi connectivity index (χ2n) is 9.84. The van der Waals surface area contributed by atoms with Gasteiger partial charge >= 0.3 is 12.1 Å². The molecule has 2 N–H and O–H groups in total. The van der Waals surface area contributed by atoms with Gasteiger partial charge in [-0.1, -0.05) is 49.9 Å². The van der Waals surface area contributed by atoms with Crippen molar-refractivity contribution in [1.82, 2.24) is 10.2 Å². The van der Waals surface area contributed by atoms with Crippen molar-refractivity contribution in [2.75, 3.05) is 11.3 Å². The zero-order valence-corrected chi connectivity index (χ0v) is 21.1. The SMILES string of the molecule is C[C@@H](CC1CCCC1)NCc1ccccc1NS(=O)(=O)c1ccc2c(c1)CCN(C(=O)C(F)(F)F)C2. The second-order valence-corrected chi connectivity index (χ2v) is 11.5. The summed E-state index contributed by atoms with van der Waals surface area (Å²) in [7, 11) is -3.92. The number of nitrogens with one attached hydrogen (secondary N) is 2. The first kappa shape index (κ1) is 26.5. The number of carbonyl (C=O) groups is 1. The van der Waals surface area contributed by atoms with Gasteiger partial charge in [-0.15, -0.1) is 0 Å². The van der Waals surface area contributed by atoms with Crippen molar-refractivity contribution >= 4 is 21.6 Å². The molecule has 1 saturated carbocycles. The Hall–Kier alpha value is -2.59. The molecule has 1 aliphatic carbocycles. The Balaban J connectivity index is 1.43. The summed E-state index contributed by atoms with van der Waals surface area (Å²) in [6.45, 7) is 2.37. The van der Waals surface area contributed by atoms with Gasteiger partial charge in [0.2, 0.25) is 0 Å². The molecule has 0 spiro atoms. The fourth-order valence-electron chi connectivity index (χ4n) is 5.14. The van der Waals surface area contributed by atoms with Crippen LogP contribution in [0.4, 0.5) is 18.9 Å². The molecule has 0 radical (unpaired) electrons. The Kier molecular flexibility index (Phi) is 7.94. The Morgan fingerprint density at radius 3 is 2.56 bits per heavy atom. The number of anilines is 1. The first-order valence-electron chi connectivity index (χ1n) is 12.3. The molecule has 1 atom stereocenters. The molecule has 2 aromatic carbocycles. The van der Waals surface area contributed by atoms with Crippen LogP contribution in [0.1, 0.15) is 55.7 Å². The van der Waals surface area contributed by atoms with Crippen LogP contribution >= 0.6 is 0 Å². The number of amides is 1. The molecular formula is C26H32F3N3O3S. The predicted molar refractivity (Wildman–Crippen MR) is 132 cm³/mol. The van der Waals surface area contributed by atoms with Crippen molar-refractivity contribution in [2.24, 2.45) is 5.92 Å². The number of hydrogen-bond donors (Lipinski definition) is 2. The summed E-state index contributed by atoms with van der Waals surface area (Å²) in [6, 6.07) is 11.9. The maximum Gasteiger partial charge on any atom is 0.471 e. The minimum absolute atomic E-state index is 0.0363. The van der Waals surface area contributed by atoms with Gasteiger partial charge in [-0.3, -0.25) is 9.52 Å². The molecule has 10 heteroatoms. The highest BCUT2D eigenvalue weighted by atomic mass is 32.2. The van der Waals surface area contributed by atoms with E-state index in [1.807, 2.05) is 12.1 Å². The standard InChI is InChI=1S/C26H32F3N3O3S/c1-18(14-19-6-2-3-7-19)30-16-21-8-4-5-9-24(21)31-36(34,35)23-11-10-22-17-32(13-12-20(22)15-23)25(33)26(27,28)29/h4-5,8-11,15,18-19,30-31H,2-3,6-7,12-14,16-17H2,1H3/t18-/m0/s1. The van der Waals surface area contributed by atoms with E-state index >= 15 is 0 Å². The van der Waals surface area contributed by atoms with E-state index in [4.69, 9.17) is 0 Å². The maximum absolute atomic E-state index is 13.2. The Morgan fingerprint density at radius 1 is 1.11 bits per heavy atom. The fourth-order valence-corrected chi connectivity index (χ4v) is 6.29. The Labute approximate surface area is 210 Å². The molecule has 1 aliphatic heterocycles. The monoisotopic (exact) mass is 523 g/mol. The van der Waals surface area contributed by atoms with Gasteiger partial charge in [0.05, 0.1) is 10.6 Å². The summed E-state index contributed by atoms with van der Waals surface area (Å²) < 4.78 is 67.3. The van der Waals surface area contributed by atoms with Crippen molar-refractivity contribution in [3.63, 3.8) is 0 Å². The summed E-state index contributed by atoms with van der Waals surface area (Å²) >= 11 is 0. The topological polar surface area (TPSA) is 78.5 Å². The molecule has 196 valence electrons. The van der Waals surface area contributed by atoms with Crippen LogP contribution in [-0.4, -0.2) is 38.0 Å². The molecule has 36 heavy (non-hydrogen) atoms. The summed E-state index contributed by atoms with van der Waals surface area (Å²) in [6.07, 6.45) is 1.49. The molecule has 0 saturated heterocycles. The van der Waals surface area contributed by atoms with Crippen molar-refractivity contribution in [3.8, 4) is 0 Å². The average molecular weight is 524 g/mol. The summed E-state index contributed by atoms with van der Waals surface area (Å²) in [4.78, 5) is 12.3. The zero-order chi connectivity index (χ0) is 25.9. The third-order valence-electron chi connectivity index (χ3n) is 7.09. The highest BCUT2D eigenvalue weighted by Gasteiger charge is 2.43. The molecule has 1 fully saturated rings. The van der Waals surface area contributed by atoms with Crippen LogP contribution < -0.4 is 10.0 Å². The first-order chi connectivity index (χ1) is 17.0. The molecule has 0 aromatic heterocycles. The maximum atomic E-state index is 13.2. The molecule has 1 heterocycles. The molecule has 1 amide bonds. The van der Waals surface area contributed by atoms with E-state index in [2.05, 4.69) is 17.0 Å². The van der Waals surface area contributed by atoms with Crippen LogP contribution in [0.2, 0.25) is 0 Å². The lowest BCUT2D eigenvalue weighted by Crippen LogP contribution is -2.43. The minimum Gasteiger partial charge on any atom is -0.330 e. The van der Waals surface area contributed by atoms with Crippen LogP contribution in [0.3, 0.4) is 0 Å². The van der Waals surface area contributed by atoms with Gasteiger partial charge in [0.1, 0.15) is 0 Å². The molecule has 6 nitrogen and oxygen atoms in total. The quantitative estimate of drug-likeness (QED) is 0.511. The van der Waals surface area contributed by atoms with E-state index < -0.39 is 22.1 Å². The number of nitrogens with zero attached hydrogens (tertiary/aromatic N) is 1. The smallest absolute Gasteiger partial charge is 0.330 e. The Morgan fingerprint density at radius 2 is 1.83 bits per heavy atom. The van der Waals surface area contributed by atoms with Gasteiger partial charge in [-0.25, -0.2) is 8.42 Å². The predicted octanol–water partition coefficient (Wildman–Crippen LogP) is 4.99. The fraction of sp³-hybridized carbons (Fsp3) is 0.500. The lowest BCUT2D eigenvalue weighted by molar-refractivity contribution is -0.186. The minimum atomic E-state index is -4.93. The number of sulfonamides is 1. The third-order valence-corrected chi connectivity index (χ3v) is 8.46. The molecule has 4 rings (SSSR count). The number of halogens is 3. The normalized spacial score (nSPS) is 17.6. The van der Waals surface area contributed by atoms with Crippen molar-refractivity contribution < 1.29 is 26.4 Å². The second kappa shape index (κ2) is 10.8. The van der Waals surface area contributed by atoms with E-state index in [0.717, 1.165) is 22.8 Å². The lowest BCUT2D eigenvalue weighted by atomic mass is 9.99. The highest BCUT2D eigenvalue weighted by molar-refractivity contribution is 7.92. The van der Waals surface area contributed by atoms with Gasteiger partial charge < -0.3 is 10.2 Å². The number of hydrogen-bond acceptors (Lipinski definition) is 4. The molecular weight excluding hydrogens is 491 g/mol. The lowest BCUT2D eigenvalue weighted by Gasteiger charge is -2.29. The summed E-state index contributed by atoms with van der Waals surface area (Å²) in [5.41, 5.74) is 2.45. The number of carbonyl (C=O) groups excluding carboxylic acids is 1. The number of fused-ring (bicyclic) bond motifs is 1. The summed E-state index contributed by atoms with van der Waals surface area (Å²) in [5.74, 6) is -1.13. The van der Waals surface area contributed by atoms with E-state index in [9.17, 15) is 26.4 Å². The van der Waals surface area contributed by atoms with E-state index in [-0.39, 0.29) is 24.4 Å². The van der Waals surface area contributed by atoms with Crippen LogP contribution in [-0.2, 0) is 34.3 Å². The molecule has 2 aromatic rings. The van der Waals surface area contributed by atoms with Crippen molar-refractivity contribution in [2.45, 2.75) is 75.7 Å². The number of para-hydroxylation sites is 1. The van der Waals surface area contributed by atoms with Gasteiger partial charge in [-0.2, -0.15) is 13.2 Å². The van der Waals surface area contributed by atoms with E-state index in [1.165, 1.54) is 43.9 Å². The van der Waals surface area contributed by atoms with Crippen LogP contribution in [0.15, 0.2) is 47.4 Å². The molecule has 0 unspecified atom stereocenters. The zero-order valence-electron chi connectivity index (χ0n) is 20.3. The highest BCUT2D eigenvalue weighted by Crippen LogP contribution is 2.30. The van der Waals surface area contributed by atoms with Gasteiger partial charge in [0.25, 0.3) is 10.0 Å². The molecule has 0 bridgehead atoms. The van der Waals surface area contributed by atoms with Crippen LogP contribution in [0.5, 0.6) is 0 Å². The van der Waals surface area contributed by atoms with Crippen molar-refractivity contribution in [1.29, 1.82) is 0 Å². The first-order valence-corrected chi connectivity index (χ1v) is 13.8. The Bertz CT molecular complexity index is 1190. The largest absolute Gasteiger partial charge is 0.471 e. The number of rotatable bonds is 8. The van der Waals surface area contributed by atoms with Gasteiger partial charge in [0, 0.05) is 25.7 Å². The van der Waals surface area contributed by atoms with Crippen LogP contribution in [0, 0.1) is 5.92 Å². The summed E-state index contributed by atoms with van der Waals surface area (Å²) in [5, 5.41) is 3.51. The van der Waals surface area contributed by atoms with E-state index in [0.29, 0.717) is 29.4 Å². The average Bonchev–Trinajstić information content (AvgIpc) is 3.34.